The molecule has 0 aliphatic heterocycles. The van der Waals surface area contributed by atoms with E-state index in [-0.39, 0.29) is 10.9 Å². The topological polar surface area (TPSA) is 55.1 Å². The molecule has 1 amide bonds. The lowest BCUT2D eigenvalue weighted by atomic mass is 10.1. The molecule has 20 heavy (non-hydrogen) atoms. The van der Waals surface area contributed by atoms with Gasteiger partial charge >= 0.3 is 0 Å². The second-order valence-electron chi connectivity index (χ2n) is 4.35. The summed E-state index contributed by atoms with van der Waals surface area (Å²) >= 11 is 11.0. The van der Waals surface area contributed by atoms with E-state index in [2.05, 4.69) is 5.32 Å². The number of thiocarbonyl (C=S) groups is 1. The maximum Gasteiger partial charge on any atom is 0.257 e. The highest BCUT2D eigenvalue weighted by molar-refractivity contribution is 7.80. The van der Waals surface area contributed by atoms with Crippen molar-refractivity contribution in [3.8, 4) is 0 Å². The molecule has 0 atom stereocenters. The van der Waals surface area contributed by atoms with E-state index in [1.54, 1.807) is 30.3 Å². The number of carbonyl (C=O) groups excluding carboxylic acids is 1. The van der Waals surface area contributed by atoms with Crippen LogP contribution in [0, 0.1) is 6.92 Å². The lowest BCUT2D eigenvalue weighted by Crippen LogP contribution is -2.17. The smallest absolute Gasteiger partial charge is 0.257 e. The summed E-state index contributed by atoms with van der Waals surface area (Å²) in [7, 11) is 0. The zero-order valence-corrected chi connectivity index (χ0v) is 12.4. The van der Waals surface area contributed by atoms with Crippen LogP contribution in [-0.4, -0.2) is 10.9 Å². The lowest BCUT2D eigenvalue weighted by molar-refractivity contribution is 0.102. The summed E-state index contributed by atoms with van der Waals surface area (Å²) in [4.78, 5) is 12.5. The summed E-state index contributed by atoms with van der Waals surface area (Å²) in [5, 5.41) is 3.19. The molecule has 3 N–H and O–H groups in total. The molecule has 3 nitrogen and oxygen atoms in total. The van der Waals surface area contributed by atoms with Crippen molar-refractivity contribution < 1.29 is 4.79 Å². The van der Waals surface area contributed by atoms with Gasteiger partial charge in [-0.3, -0.25) is 4.79 Å². The molecule has 5 heteroatoms. The van der Waals surface area contributed by atoms with E-state index in [1.165, 1.54) is 0 Å². The molecule has 0 saturated heterocycles. The van der Waals surface area contributed by atoms with Gasteiger partial charge in [0.25, 0.3) is 5.91 Å². The maximum absolute atomic E-state index is 12.2. The molecular weight excluding hydrogens is 292 g/mol. The van der Waals surface area contributed by atoms with Crippen LogP contribution in [0.25, 0.3) is 0 Å². The van der Waals surface area contributed by atoms with E-state index in [4.69, 9.17) is 29.6 Å². The van der Waals surface area contributed by atoms with Crippen molar-refractivity contribution >= 4 is 40.4 Å². The third kappa shape index (κ3) is 3.15. The van der Waals surface area contributed by atoms with Crippen LogP contribution in [0.2, 0.25) is 5.02 Å². The largest absolute Gasteiger partial charge is 0.389 e. The van der Waals surface area contributed by atoms with E-state index in [1.807, 2.05) is 19.1 Å². The predicted molar refractivity (Wildman–Crippen MR) is 86.5 cm³/mol. The number of halogens is 1. The standard InChI is InChI=1S/C15H13ClN2OS/c1-9-6-7-10(12(16)8-9)15(19)18-13-5-3-2-4-11(13)14(17)20/h2-8H,1H3,(H2,17,20)(H,18,19). The van der Waals surface area contributed by atoms with Crippen LogP contribution < -0.4 is 11.1 Å². The molecule has 0 unspecified atom stereocenters. The Morgan fingerprint density at radius 1 is 1.20 bits per heavy atom. The molecule has 0 bridgehead atoms. The zero-order chi connectivity index (χ0) is 14.7. The van der Waals surface area contributed by atoms with Gasteiger partial charge in [0.15, 0.2) is 0 Å². The maximum atomic E-state index is 12.2. The SMILES string of the molecule is Cc1ccc(C(=O)Nc2ccccc2C(N)=S)c(Cl)c1. The molecule has 2 aromatic rings. The van der Waals surface area contributed by atoms with Crippen LogP contribution >= 0.6 is 23.8 Å². The van der Waals surface area contributed by atoms with Gasteiger partial charge in [0, 0.05) is 5.56 Å². The monoisotopic (exact) mass is 304 g/mol. The average molecular weight is 305 g/mol. The highest BCUT2D eigenvalue weighted by Gasteiger charge is 2.13. The molecule has 0 spiro atoms. The van der Waals surface area contributed by atoms with Gasteiger partial charge in [-0.05, 0) is 36.8 Å². The number of hydrogen-bond acceptors (Lipinski definition) is 2. The Labute approximate surface area is 127 Å². The zero-order valence-electron chi connectivity index (χ0n) is 10.8. The van der Waals surface area contributed by atoms with Crippen molar-refractivity contribution in [2.45, 2.75) is 6.92 Å². The number of aryl methyl sites for hydroxylation is 1. The molecule has 0 saturated carbocycles. The molecule has 0 heterocycles. The number of carbonyl (C=O) groups is 1. The Morgan fingerprint density at radius 3 is 2.55 bits per heavy atom. The van der Waals surface area contributed by atoms with Gasteiger partial charge in [0.1, 0.15) is 4.99 Å². The molecule has 0 aliphatic carbocycles. The van der Waals surface area contributed by atoms with Crippen molar-refractivity contribution in [1.29, 1.82) is 0 Å². The number of amides is 1. The lowest BCUT2D eigenvalue weighted by Gasteiger charge is -2.11. The molecule has 2 rings (SSSR count). The molecule has 0 aliphatic rings. The summed E-state index contributed by atoms with van der Waals surface area (Å²) in [6, 6.07) is 12.4. The normalized spacial score (nSPS) is 10.1. The number of nitrogens with two attached hydrogens (primary N) is 1. The quantitative estimate of drug-likeness (QED) is 0.853. The van der Waals surface area contributed by atoms with E-state index < -0.39 is 0 Å². The number of para-hydroxylation sites is 1. The Bertz CT molecular complexity index is 685. The van der Waals surface area contributed by atoms with Gasteiger partial charge in [0.05, 0.1) is 16.3 Å². The Hall–Kier alpha value is -1.91. The number of rotatable bonds is 3. The molecule has 0 radical (unpaired) electrons. The fourth-order valence-corrected chi connectivity index (χ4v) is 2.30. The first-order chi connectivity index (χ1) is 9.49. The summed E-state index contributed by atoms with van der Waals surface area (Å²) in [6.45, 7) is 1.91. The minimum Gasteiger partial charge on any atom is -0.389 e. The number of hydrogen-bond donors (Lipinski definition) is 2. The average Bonchev–Trinajstić information content (AvgIpc) is 2.38. The van der Waals surface area contributed by atoms with Gasteiger partial charge in [0.2, 0.25) is 0 Å². The fraction of sp³-hybridized carbons (Fsp3) is 0.0667. The van der Waals surface area contributed by atoms with E-state index >= 15 is 0 Å². The first-order valence-corrected chi connectivity index (χ1v) is 6.74. The second kappa shape index (κ2) is 6.03. The van der Waals surface area contributed by atoms with E-state index in [9.17, 15) is 4.79 Å². The first-order valence-electron chi connectivity index (χ1n) is 5.95. The van der Waals surface area contributed by atoms with Crippen LogP contribution in [0.3, 0.4) is 0 Å². The van der Waals surface area contributed by atoms with Crippen molar-refractivity contribution in [3.63, 3.8) is 0 Å². The third-order valence-electron chi connectivity index (χ3n) is 2.81. The van der Waals surface area contributed by atoms with Crippen LogP contribution in [0.15, 0.2) is 42.5 Å². The van der Waals surface area contributed by atoms with Crippen LogP contribution in [0.1, 0.15) is 21.5 Å². The predicted octanol–water partition coefficient (Wildman–Crippen LogP) is 3.53. The van der Waals surface area contributed by atoms with Crippen molar-refractivity contribution in [2.75, 3.05) is 5.32 Å². The number of benzene rings is 2. The summed E-state index contributed by atoms with van der Waals surface area (Å²) < 4.78 is 0. The fourth-order valence-electron chi connectivity index (χ4n) is 1.80. The van der Waals surface area contributed by atoms with Crippen molar-refractivity contribution in [1.82, 2.24) is 0 Å². The van der Waals surface area contributed by atoms with Gasteiger partial charge in [-0.25, -0.2) is 0 Å². The highest BCUT2D eigenvalue weighted by Crippen LogP contribution is 2.21. The summed E-state index contributed by atoms with van der Waals surface area (Å²) in [5.74, 6) is -0.293. The molecular formula is C15H13ClN2OS. The first kappa shape index (κ1) is 14.5. The Kier molecular flexibility index (Phi) is 4.37. The Morgan fingerprint density at radius 2 is 1.90 bits per heavy atom. The minimum absolute atomic E-state index is 0.232. The van der Waals surface area contributed by atoms with Gasteiger partial charge in [-0.1, -0.05) is 42.0 Å². The minimum atomic E-state index is -0.293. The Balaban J connectivity index is 2.30. The summed E-state index contributed by atoms with van der Waals surface area (Å²) in [6.07, 6.45) is 0. The molecule has 0 aromatic heterocycles. The van der Waals surface area contributed by atoms with Crippen LogP contribution in [-0.2, 0) is 0 Å². The third-order valence-corrected chi connectivity index (χ3v) is 3.34. The van der Waals surface area contributed by atoms with Gasteiger partial charge in [-0.15, -0.1) is 0 Å². The van der Waals surface area contributed by atoms with E-state index in [0.717, 1.165) is 5.56 Å². The molecule has 102 valence electrons. The summed E-state index contributed by atoms with van der Waals surface area (Å²) in [5.41, 5.74) is 8.24. The second-order valence-corrected chi connectivity index (χ2v) is 5.19. The van der Waals surface area contributed by atoms with Crippen molar-refractivity contribution in [2.24, 2.45) is 5.73 Å². The molecule has 2 aromatic carbocycles. The van der Waals surface area contributed by atoms with Gasteiger partial charge < -0.3 is 11.1 Å². The van der Waals surface area contributed by atoms with Crippen LogP contribution in [0.5, 0.6) is 0 Å². The highest BCUT2D eigenvalue weighted by atomic mass is 35.5. The number of nitrogens with one attached hydrogen (secondary N) is 1. The van der Waals surface area contributed by atoms with E-state index in [0.29, 0.717) is 21.8 Å². The van der Waals surface area contributed by atoms with Crippen molar-refractivity contribution in [3.05, 3.63) is 64.2 Å². The van der Waals surface area contributed by atoms with Gasteiger partial charge in [-0.2, -0.15) is 0 Å². The number of anilines is 1. The molecule has 0 fully saturated rings. The van der Waals surface area contributed by atoms with Crippen LogP contribution in [0.4, 0.5) is 5.69 Å².